The topological polar surface area (TPSA) is 38.3 Å². The zero-order valence-corrected chi connectivity index (χ0v) is 10.5. The lowest BCUT2D eigenvalue weighted by molar-refractivity contribution is -0.116. The molecule has 1 aromatic carbocycles. The van der Waals surface area contributed by atoms with Gasteiger partial charge in [-0.3, -0.25) is 4.79 Å². The van der Waals surface area contributed by atoms with E-state index in [-0.39, 0.29) is 11.3 Å². The third-order valence-corrected chi connectivity index (χ3v) is 2.77. The number of aryl methyl sites for hydroxylation is 1. The first-order valence-electron chi connectivity index (χ1n) is 5.46. The summed E-state index contributed by atoms with van der Waals surface area (Å²) in [6.45, 7) is 3.79. The highest BCUT2D eigenvalue weighted by atomic mass is 35.5. The second-order valence-electron chi connectivity index (χ2n) is 4.11. The third kappa shape index (κ3) is 2.80. The predicted octanol–water partition coefficient (Wildman–Crippen LogP) is 2.44. The molecule has 3 nitrogen and oxygen atoms in total. The van der Waals surface area contributed by atoms with Crippen molar-refractivity contribution < 1.29 is 9.53 Å². The zero-order valence-electron chi connectivity index (χ0n) is 9.74. The quantitative estimate of drug-likeness (QED) is 0.648. The highest BCUT2D eigenvalue weighted by molar-refractivity contribution is 6.21. The number of hydrogen-bond donors (Lipinski definition) is 1. The van der Waals surface area contributed by atoms with Crippen LogP contribution in [0.1, 0.15) is 18.1 Å². The largest absolute Gasteiger partial charge is 0.463 e. The second-order valence-corrected chi connectivity index (χ2v) is 4.80. The number of halogens is 1. The molecule has 0 aliphatic carbocycles. The highest BCUT2D eigenvalue weighted by Crippen LogP contribution is 2.19. The van der Waals surface area contributed by atoms with Gasteiger partial charge >= 0.3 is 0 Å². The SMILES string of the molecule is Cc1ccc(/C=C2\OC(C(C)Cl)NC2=O)cc1. The van der Waals surface area contributed by atoms with Crippen LogP contribution >= 0.6 is 11.6 Å². The van der Waals surface area contributed by atoms with Crippen molar-refractivity contribution in [2.75, 3.05) is 0 Å². The minimum atomic E-state index is -0.444. The lowest BCUT2D eigenvalue weighted by Gasteiger charge is -2.10. The Kier molecular flexibility index (Phi) is 3.38. The van der Waals surface area contributed by atoms with E-state index < -0.39 is 6.23 Å². The maximum atomic E-state index is 11.6. The number of rotatable bonds is 2. The summed E-state index contributed by atoms with van der Waals surface area (Å²) in [5.74, 6) is 0.0921. The van der Waals surface area contributed by atoms with E-state index in [1.165, 1.54) is 5.56 Å². The van der Waals surface area contributed by atoms with Gasteiger partial charge in [-0.15, -0.1) is 11.6 Å². The molecule has 0 spiro atoms. The van der Waals surface area contributed by atoms with Crippen LogP contribution in [0.4, 0.5) is 0 Å². The number of alkyl halides is 1. The molecule has 2 unspecified atom stereocenters. The van der Waals surface area contributed by atoms with Crippen LogP contribution in [0.25, 0.3) is 6.08 Å². The number of nitrogens with one attached hydrogen (secondary N) is 1. The van der Waals surface area contributed by atoms with Crippen LogP contribution < -0.4 is 5.32 Å². The summed E-state index contributed by atoms with van der Waals surface area (Å²) in [7, 11) is 0. The van der Waals surface area contributed by atoms with Gasteiger partial charge in [-0.05, 0) is 25.5 Å². The van der Waals surface area contributed by atoms with E-state index in [0.29, 0.717) is 5.76 Å². The highest BCUT2D eigenvalue weighted by Gasteiger charge is 2.30. The van der Waals surface area contributed by atoms with Crippen molar-refractivity contribution >= 4 is 23.6 Å². The van der Waals surface area contributed by atoms with E-state index >= 15 is 0 Å². The van der Waals surface area contributed by atoms with E-state index in [0.717, 1.165) is 5.56 Å². The second kappa shape index (κ2) is 4.80. The molecular formula is C13H14ClNO2. The Balaban J connectivity index is 2.17. The van der Waals surface area contributed by atoms with Crippen molar-refractivity contribution in [1.82, 2.24) is 5.32 Å². The van der Waals surface area contributed by atoms with E-state index in [4.69, 9.17) is 16.3 Å². The Hall–Kier alpha value is -1.48. The summed E-state index contributed by atoms with van der Waals surface area (Å²) in [5, 5.41) is 2.41. The number of carbonyl (C=O) groups excluding carboxylic acids is 1. The van der Waals surface area contributed by atoms with Crippen molar-refractivity contribution in [1.29, 1.82) is 0 Å². The van der Waals surface area contributed by atoms with Gasteiger partial charge in [-0.2, -0.15) is 0 Å². The Labute approximate surface area is 105 Å². The molecule has 1 N–H and O–H groups in total. The third-order valence-electron chi connectivity index (χ3n) is 2.54. The number of ether oxygens (including phenoxy) is 1. The van der Waals surface area contributed by atoms with Gasteiger partial charge in [0.1, 0.15) is 0 Å². The van der Waals surface area contributed by atoms with Crippen molar-refractivity contribution in [2.24, 2.45) is 0 Å². The van der Waals surface area contributed by atoms with Crippen molar-refractivity contribution in [3.8, 4) is 0 Å². The number of benzene rings is 1. The van der Waals surface area contributed by atoms with Gasteiger partial charge in [0.15, 0.2) is 12.0 Å². The minimum Gasteiger partial charge on any atom is -0.463 e. The molecular weight excluding hydrogens is 238 g/mol. The molecule has 0 radical (unpaired) electrons. The van der Waals surface area contributed by atoms with Gasteiger partial charge < -0.3 is 10.1 Å². The first-order valence-corrected chi connectivity index (χ1v) is 5.90. The van der Waals surface area contributed by atoms with E-state index in [2.05, 4.69) is 5.32 Å². The van der Waals surface area contributed by atoms with Crippen LogP contribution in [0, 0.1) is 6.92 Å². The van der Waals surface area contributed by atoms with Crippen molar-refractivity contribution in [2.45, 2.75) is 25.5 Å². The predicted molar refractivity (Wildman–Crippen MR) is 67.5 cm³/mol. The van der Waals surface area contributed by atoms with Crippen molar-refractivity contribution in [3.05, 3.63) is 41.2 Å². The van der Waals surface area contributed by atoms with Gasteiger partial charge in [-0.25, -0.2) is 0 Å². The summed E-state index contributed by atoms with van der Waals surface area (Å²) in [4.78, 5) is 11.6. The molecule has 0 bridgehead atoms. The lowest BCUT2D eigenvalue weighted by atomic mass is 10.1. The van der Waals surface area contributed by atoms with Crippen LogP contribution in [0.2, 0.25) is 0 Å². The molecule has 4 heteroatoms. The smallest absolute Gasteiger partial charge is 0.289 e. The van der Waals surface area contributed by atoms with Gasteiger partial charge in [0, 0.05) is 0 Å². The molecule has 0 aromatic heterocycles. The Morgan fingerprint density at radius 1 is 1.41 bits per heavy atom. The molecule has 1 saturated heterocycles. The molecule has 2 atom stereocenters. The molecule has 17 heavy (non-hydrogen) atoms. The van der Waals surface area contributed by atoms with Crippen LogP contribution in [0.5, 0.6) is 0 Å². The van der Waals surface area contributed by atoms with E-state index in [1.54, 1.807) is 13.0 Å². The summed E-state index contributed by atoms with van der Waals surface area (Å²) in [5.41, 5.74) is 2.11. The summed E-state index contributed by atoms with van der Waals surface area (Å²) in [6, 6.07) is 7.86. The minimum absolute atomic E-state index is 0.219. The molecule has 0 saturated carbocycles. The van der Waals surface area contributed by atoms with Gasteiger partial charge in [0.05, 0.1) is 5.38 Å². The fourth-order valence-electron chi connectivity index (χ4n) is 1.54. The molecule has 1 heterocycles. The molecule has 1 aromatic rings. The van der Waals surface area contributed by atoms with Crippen LogP contribution in [-0.4, -0.2) is 17.5 Å². The standard InChI is InChI=1S/C13H14ClNO2/c1-8-3-5-10(6-4-8)7-11-12(16)15-13(17-11)9(2)14/h3-7,9,13H,1-2H3,(H,15,16)/b11-7-. The van der Waals surface area contributed by atoms with E-state index in [9.17, 15) is 4.79 Å². The van der Waals surface area contributed by atoms with Crippen LogP contribution in [0.15, 0.2) is 30.0 Å². The van der Waals surface area contributed by atoms with Crippen LogP contribution in [-0.2, 0) is 9.53 Å². The number of hydrogen-bond acceptors (Lipinski definition) is 2. The zero-order chi connectivity index (χ0) is 12.4. The monoisotopic (exact) mass is 251 g/mol. The number of amides is 1. The van der Waals surface area contributed by atoms with Gasteiger partial charge in [-0.1, -0.05) is 29.8 Å². The number of carbonyl (C=O) groups is 1. The molecule has 1 aliphatic heterocycles. The molecule has 1 aliphatic rings. The normalized spacial score (nSPS) is 23.4. The molecule has 1 fully saturated rings. The fourth-order valence-corrected chi connectivity index (χ4v) is 1.66. The average Bonchev–Trinajstić information content (AvgIpc) is 2.64. The van der Waals surface area contributed by atoms with Gasteiger partial charge in [0.25, 0.3) is 5.91 Å². The molecule has 2 rings (SSSR count). The van der Waals surface area contributed by atoms with E-state index in [1.807, 2.05) is 31.2 Å². The van der Waals surface area contributed by atoms with Crippen LogP contribution in [0.3, 0.4) is 0 Å². The van der Waals surface area contributed by atoms with Crippen molar-refractivity contribution in [3.63, 3.8) is 0 Å². The first kappa shape index (κ1) is 12.0. The fraction of sp³-hybridized carbons (Fsp3) is 0.308. The Morgan fingerprint density at radius 3 is 2.59 bits per heavy atom. The Morgan fingerprint density at radius 2 is 2.06 bits per heavy atom. The maximum Gasteiger partial charge on any atom is 0.289 e. The summed E-state index contributed by atoms with van der Waals surface area (Å²) < 4.78 is 5.44. The van der Waals surface area contributed by atoms with Gasteiger partial charge in [0.2, 0.25) is 0 Å². The summed E-state index contributed by atoms with van der Waals surface area (Å²) in [6.07, 6.45) is 1.27. The molecule has 90 valence electrons. The maximum absolute atomic E-state index is 11.6. The lowest BCUT2D eigenvalue weighted by Crippen LogP contribution is -2.32. The average molecular weight is 252 g/mol. The summed E-state index contributed by atoms with van der Waals surface area (Å²) >= 11 is 5.87. The Bertz CT molecular complexity index is 451. The first-order chi connectivity index (χ1) is 8.06. The molecule has 1 amide bonds.